The van der Waals surface area contributed by atoms with Crippen molar-refractivity contribution in [3.63, 3.8) is 0 Å². The van der Waals surface area contributed by atoms with Gasteiger partial charge in [0, 0.05) is 49.4 Å². The Morgan fingerprint density at radius 3 is 2.51 bits per heavy atom. The molecule has 6 nitrogen and oxygen atoms in total. The van der Waals surface area contributed by atoms with Crippen LogP contribution in [0.3, 0.4) is 0 Å². The van der Waals surface area contributed by atoms with Crippen molar-refractivity contribution in [2.45, 2.75) is 13.3 Å². The molecule has 1 aliphatic rings. The summed E-state index contributed by atoms with van der Waals surface area (Å²) in [6, 6.07) is 16.3. The number of nitrogens with one attached hydrogen (secondary N) is 1. The molecule has 0 saturated carbocycles. The van der Waals surface area contributed by atoms with Gasteiger partial charge in [0.15, 0.2) is 0 Å². The molecule has 0 bridgehead atoms. The zero-order chi connectivity index (χ0) is 22.9. The van der Waals surface area contributed by atoms with Crippen LogP contribution in [-0.4, -0.2) is 51.6 Å². The lowest BCUT2D eigenvalue weighted by molar-refractivity contribution is 0.0736. The van der Waals surface area contributed by atoms with Crippen molar-refractivity contribution < 1.29 is 14.3 Å². The van der Waals surface area contributed by atoms with Crippen molar-refractivity contribution in [2.75, 3.05) is 26.2 Å². The molecule has 5 rings (SSSR count). The highest BCUT2D eigenvalue weighted by molar-refractivity contribution is 6.08. The molecule has 2 N–H and O–H groups in total. The Morgan fingerprint density at radius 2 is 1.80 bits per heavy atom. The van der Waals surface area contributed by atoms with E-state index in [1.54, 1.807) is 19.1 Å². The first-order chi connectivity index (χ1) is 16.0. The minimum absolute atomic E-state index is 0. The largest absolute Gasteiger partial charge is 0.506 e. The molecule has 9 heteroatoms. The number of para-hydroxylation sites is 1. The smallest absolute Gasteiger partial charge is 0.256 e. The van der Waals surface area contributed by atoms with Crippen molar-refractivity contribution in [3.8, 4) is 11.4 Å². The van der Waals surface area contributed by atoms with E-state index < -0.39 is 0 Å². The molecule has 0 radical (unpaired) electrons. The fourth-order valence-electron chi connectivity index (χ4n) is 4.52. The third kappa shape index (κ3) is 4.98. The highest BCUT2D eigenvalue weighted by Crippen LogP contribution is 2.33. The first kappa shape index (κ1) is 26.5. The van der Waals surface area contributed by atoms with Crippen LogP contribution in [0.25, 0.3) is 16.7 Å². The molecule has 0 atom stereocenters. The Bertz CT molecular complexity index is 1340. The highest BCUT2D eigenvalue weighted by Gasteiger charge is 2.29. The molecule has 1 saturated heterocycles. The first-order valence-corrected chi connectivity index (χ1v) is 11.1. The maximum atomic E-state index is 14.4. The minimum Gasteiger partial charge on any atom is -0.506 e. The monoisotopic (exact) mass is 516 g/mol. The van der Waals surface area contributed by atoms with E-state index in [0.29, 0.717) is 41.7 Å². The van der Waals surface area contributed by atoms with Crippen molar-refractivity contribution in [2.24, 2.45) is 0 Å². The van der Waals surface area contributed by atoms with Crippen LogP contribution < -0.4 is 5.32 Å². The van der Waals surface area contributed by atoms with Gasteiger partial charge in [-0.05, 0) is 42.3 Å². The predicted molar refractivity (Wildman–Crippen MR) is 140 cm³/mol. The van der Waals surface area contributed by atoms with Crippen LogP contribution in [0.1, 0.15) is 27.2 Å². The number of piperazine rings is 1. The van der Waals surface area contributed by atoms with Gasteiger partial charge in [-0.15, -0.1) is 24.8 Å². The number of hydrogen-bond acceptors (Lipinski definition) is 4. The van der Waals surface area contributed by atoms with Gasteiger partial charge in [-0.1, -0.05) is 30.3 Å². The number of hydrogen-bond donors (Lipinski definition) is 2. The van der Waals surface area contributed by atoms with Gasteiger partial charge in [-0.25, -0.2) is 9.37 Å². The van der Waals surface area contributed by atoms with Crippen molar-refractivity contribution >= 4 is 41.8 Å². The van der Waals surface area contributed by atoms with E-state index in [2.05, 4.69) is 10.3 Å². The van der Waals surface area contributed by atoms with Gasteiger partial charge in [0.25, 0.3) is 5.91 Å². The van der Waals surface area contributed by atoms with Crippen LogP contribution in [0.2, 0.25) is 0 Å². The maximum absolute atomic E-state index is 14.4. The number of aromatic nitrogens is 2. The van der Waals surface area contributed by atoms with E-state index in [4.69, 9.17) is 0 Å². The van der Waals surface area contributed by atoms with Crippen LogP contribution in [-0.2, 0) is 6.42 Å². The summed E-state index contributed by atoms with van der Waals surface area (Å²) in [5.74, 6) is -0.385. The minimum atomic E-state index is -0.277. The Balaban J connectivity index is 0.00000171. The van der Waals surface area contributed by atoms with Gasteiger partial charge in [-0.2, -0.15) is 0 Å². The van der Waals surface area contributed by atoms with Crippen LogP contribution in [0.4, 0.5) is 4.39 Å². The van der Waals surface area contributed by atoms with E-state index >= 15 is 0 Å². The average Bonchev–Trinajstić information content (AvgIpc) is 3.15. The maximum Gasteiger partial charge on any atom is 0.256 e. The quantitative estimate of drug-likeness (QED) is 0.413. The molecule has 1 aliphatic heterocycles. The SMILES string of the molecule is Cc1c(F)cccc1Cc1c(C(=O)N2CCNCC2)c2cc(O)cnc2n1-c1ccccc1.Cl.Cl. The Morgan fingerprint density at radius 1 is 1.09 bits per heavy atom. The van der Waals surface area contributed by atoms with Crippen LogP contribution >= 0.6 is 24.8 Å². The molecule has 0 unspecified atom stereocenters. The third-order valence-corrected chi connectivity index (χ3v) is 6.26. The Labute approximate surface area is 215 Å². The molecular weight excluding hydrogens is 490 g/mol. The Hall–Kier alpha value is -3.13. The van der Waals surface area contributed by atoms with Crippen molar-refractivity contribution in [1.29, 1.82) is 0 Å². The molecule has 2 aromatic heterocycles. The summed E-state index contributed by atoms with van der Waals surface area (Å²) in [6.07, 6.45) is 1.74. The number of benzene rings is 2. The van der Waals surface area contributed by atoms with Gasteiger partial charge in [0.1, 0.15) is 17.2 Å². The number of carbonyl (C=O) groups excluding carboxylic acids is 1. The highest BCUT2D eigenvalue weighted by atomic mass is 35.5. The Kier molecular flexibility index (Phi) is 8.38. The molecular formula is C26H27Cl2FN4O2. The summed E-state index contributed by atoms with van der Waals surface area (Å²) < 4.78 is 16.3. The van der Waals surface area contributed by atoms with E-state index in [0.717, 1.165) is 30.0 Å². The summed E-state index contributed by atoms with van der Waals surface area (Å²) in [7, 11) is 0. The van der Waals surface area contributed by atoms with Gasteiger partial charge in [0.05, 0.1) is 11.8 Å². The second-order valence-electron chi connectivity index (χ2n) is 8.30. The molecule has 35 heavy (non-hydrogen) atoms. The molecule has 184 valence electrons. The lowest BCUT2D eigenvalue weighted by Gasteiger charge is -2.28. The summed E-state index contributed by atoms with van der Waals surface area (Å²) >= 11 is 0. The molecule has 2 aromatic carbocycles. The lowest BCUT2D eigenvalue weighted by Crippen LogP contribution is -2.46. The number of pyridine rings is 1. The third-order valence-electron chi connectivity index (χ3n) is 6.26. The average molecular weight is 517 g/mol. The topological polar surface area (TPSA) is 70.4 Å². The first-order valence-electron chi connectivity index (χ1n) is 11.1. The molecule has 1 fully saturated rings. The van der Waals surface area contributed by atoms with E-state index in [-0.39, 0.29) is 42.3 Å². The summed E-state index contributed by atoms with van der Waals surface area (Å²) in [6.45, 7) is 4.40. The van der Waals surface area contributed by atoms with E-state index in [1.165, 1.54) is 12.3 Å². The normalized spacial score (nSPS) is 13.3. The van der Waals surface area contributed by atoms with Crippen molar-refractivity contribution in [3.05, 3.63) is 89.0 Å². The zero-order valence-corrected chi connectivity index (χ0v) is 20.8. The number of nitrogens with zero attached hydrogens (tertiary/aromatic N) is 3. The molecule has 0 aliphatic carbocycles. The van der Waals surface area contributed by atoms with Gasteiger partial charge < -0.3 is 15.3 Å². The predicted octanol–water partition coefficient (Wildman–Crippen LogP) is 4.66. The van der Waals surface area contributed by atoms with Crippen molar-refractivity contribution in [1.82, 2.24) is 19.8 Å². The summed E-state index contributed by atoms with van der Waals surface area (Å²) in [5.41, 5.74) is 4.02. The van der Waals surface area contributed by atoms with Crippen LogP contribution in [0.5, 0.6) is 5.75 Å². The number of amides is 1. The number of rotatable bonds is 4. The van der Waals surface area contributed by atoms with E-state index in [1.807, 2.05) is 45.9 Å². The lowest BCUT2D eigenvalue weighted by atomic mass is 9.99. The van der Waals surface area contributed by atoms with Gasteiger partial charge in [0.2, 0.25) is 0 Å². The fraction of sp³-hybridized carbons (Fsp3) is 0.231. The molecule has 4 aromatic rings. The fourth-order valence-corrected chi connectivity index (χ4v) is 4.52. The van der Waals surface area contributed by atoms with Gasteiger partial charge >= 0.3 is 0 Å². The van der Waals surface area contributed by atoms with Gasteiger partial charge in [-0.3, -0.25) is 9.36 Å². The van der Waals surface area contributed by atoms with Crippen LogP contribution in [0, 0.1) is 12.7 Å². The second-order valence-corrected chi connectivity index (χ2v) is 8.30. The second kappa shape index (κ2) is 11.1. The van der Waals surface area contributed by atoms with E-state index in [9.17, 15) is 14.3 Å². The zero-order valence-electron chi connectivity index (χ0n) is 19.2. The molecule has 1 amide bonds. The number of halogens is 3. The number of aromatic hydroxyl groups is 1. The standard InChI is InChI=1S/C26H25FN4O2.2ClH/c1-17-18(6-5-9-22(17)27)14-23-24(26(33)30-12-10-28-11-13-30)21-15-20(32)16-29-25(21)31(23)19-7-3-2-4-8-19;;/h2-9,15-16,28,32H,10-14H2,1H3;2*1H. The summed E-state index contributed by atoms with van der Waals surface area (Å²) in [4.78, 5) is 20.2. The number of carbonyl (C=O) groups is 1. The van der Waals surface area contributed by atoms with Crippen LogP contribution in [0.15, 0.2) is 60.8 Å². The summed E-state index contributed by atoms with van der Waals surface area (Å²) in [5, 5.41) is 14.1. The number of fused-ring (bicyclic) bond motifs is 1. The molecule has 0 spiro atoms. The molecule has 3 heterocycles.